The van der Waals surface area contributed by atoms with Crippen LogP contribution in [0.4, 0.5) is 17.1 Å². The predicted molar refractivity (Wildman–Crippen MR) is 266 cm³/mol. The minimum Gasteiger partial charge on any atom is -0.455 e. The van der Waals surface area contributed by atoms with Crippen molar-refractivity contribution < 1.29 is 4.42 Å². The van der Waals surface area contributed by atoms with Gasteiger partial charge in [0.1, 0.15) is 11.2 Å². The summed E-state index contributed by atoms with van der Waals surface area (Å²) in [5.74, 6) is 0. The molecule has 0 aliphatic heterocycles. The lowest BCUT2D eigenvalue weighted by Gasteiger charge is -2.28. The van der Waals surface area contributed by atoms with Crippen LogP contribution in [-0.4, -0.2) is 4.57 Å². The lowest BCUT2D eigenvalue weighted by atomic mass is 9.94. The molecule has 0 saturated carbocycles. The number of rotatable bonds is 6. The summed E-state index contributed by atoms with van der Waals surface area (Å²) in [7, 11) is 0. The molecule has 0 spiro atoms. The van der Waals surface area contributed by atoms with Crippen molar-refractivity contribution in [1.82, 2.24) is 4.57 Å². The summed E-state index contributed by atoms with van der Waals surface area (Å²) in [6.07, 6.45) is 0. The zero-order valence-corrected chi connectivity index (χ0v) is 34.2. The number of nitrogens with zero attached hydrogens (tertiary/aromatic N) is 2. The second-order valence-corrected chi connectivity index (χ2v) is 16.4. The van der Waals surface area contributed by atoms with Crippen LogP contribution in [0, 0.1) is 0 Å². The van der Waals surface area contributed by atoms with Gasteiger partial charge in [0.05, 0.1) is 16.7 Å². The summed E-state index contributed by atoms with van der Waals surface area (Å²) in [5.41, 5.74) is 12.9. The van der Waals surface area contributed by atoms with E-state index in [4.69, 9.17) is 4.42 Å². The molecule has 3 heteroatoms. The van der Waals surface area contributed by atoms with Crippen molar-refractivity contribution in [3.05, 3.63) is 231 Å². The Morgan fingerprint density at radius 2 is 0.873 bits per heavy atom. The molecule has 0 aliphatic rings. The molecule has 2 aromatic heterocycles. The van der Waals surface area contributed by atoms with Gasteiger partial charge in [0.2, 0.25) is 0 Å². The third-order valence-corrected chi connectivity index (χ3v) is 13.0. The molecule has 294 valence electrons. The highest BCUT2D eigenvalue weighted by Crippen LogP contribution is 2.46. The minimum atomic E-state index is 0.883. The van der Waals surface area contributed by atoms with Crippen molar-refractivity contribution in [3.63, 3.8) is 0 Å². The molecule has 0 aliphatic carbocycles. The zero-order valence-electron chi connectivity index (χ0n) is 34.2. The lowest BCUT2D eigenvalue weighted by molar-refractivity contribution is 0.674. The van der Waals surface area contributed by atoms with E-state index in [1.54, 1.807) is 0 Å². The summed E-state index contributed by atoms with van der Waals surface area (Å²) >= 11 is 0. The van der Waals surface area contributed by atoms with Crippen LogP contribution in [0.2, 0.25) is 0 Å². The fraction of sp³-hybridized carbons (Fsp3) is 0. The maximum absolute atomic E-state index is 6.95. The second-order valence-electron chi connectivity index (χ2n) is 16.4. The Kier molecular flexibility index (Phi) is 7.91. The zero-order chi connectivity index (χ0) is 41.4. The smallest absolute Gasteiger partial charge is 0.143 e. The molecular formula is C60H38N2O. The van der Waals surface area contributed by atoms with Crippen molar-refractivity contribution in [3.8, 4) is 27.9 Å². The number of benzene rings is 11. The van der Waals surface area contributed by atoms with Crippen molar-refractivity contribution >= 4 is 93.1 Å². The van der Waals surface area contributed by atoms with Crippen LogP contribution in [0.1, 0.15) is 0 Å². The first kappa shape index (κ1) is 35.4. The average Bonchev–Trinajstić information content (AvgIpc) is 3.91. The van der Waals surface area contributed by atoms with Gasteiger partial charge in [-0.05, 0) is 92.7 Å². The van der Waals surface area contributed by atoms with Crippen LogP contribution >= 0.6 is 0 Å². The molecule has 11 aromatic carbocycles. The maximum atomic E-state index is 6.95. The van der Waals surface area contributed by atoms with Gasteiger partial charge in [-0.1, -0.05) is 176 Å². The van der Waals surface area contributed by atoms with E-state index >= 15 is 0 Å². The van der Waals surface area contributed by atoms with Crippen LogP contribution in [0.15, 0.2) is 235 Å². The first-order chi connectivity index (χ1) is 31.3. The maximum Gasteiger partial charge on any atom is 0.143 e. The van der Waals surface area contributed by atoms with Crippen LogP contribution in [0.3, 0.4) is 0 Å². The number of fused-ring (bicyclic) bond motifs is 11. The summed E-state index contributed by atoms with van der Waals surface area (Å²) in [5, 5.41) is 12.0. The van der Waals surface area contributed by atoms with Crippen molar-refractivity contribution in [1.29, 1.82) is 0 Å². The van der Waals surface area contributed by atoms with E-state index in [1.165, 1.54) is 59.9 Å². The van der Waals surface area contributed by atoms with Crippen molar-refractivity contribution in [2.24, 2.45) is 0 Å². The Labute approximate surface area is 363 Å². The number of aromatic nitrogens is 1. The highest BCUT2D eigenvalue weighted by Gasteiger charge is 2.22. The van der Waals surface area contributed by atoms with E-state index in [1.807, 2.05) is 0 Å². The van der Waals surface area contributed by atoms with Gasteiger partial charge in [-0.15, -0.1) is 0 Å². The largest absolute Gasteiger partial charge is 0.455 e. The van der Waals surface area contributed by atoms with E-state index in [-0.39, 0.29) is 0 Å². The normalized spacial score (nSPS) is 11.8. The highest BCUT2D eigenvalue weighted by molar-refractivity contribution is 6.18. The molecule has 0 bridgehead atoms. The molecule has 0 radical (unpaired) electrons. The number of furan rings is 1. The Bertz CT molecular complexity index is 3870. The lowest BCUT2D eigenvalue weighted by Crippen LogP contribution is -2.12. The van der Waals surface area contributed by atoms with E-state index < -0.39 is 0 Å². The molecule has 3 nitrogen and oxygen atoms in total. The van der Waals surface area contributed by atoms with Gasteiger partial charge in [0, 0.05) is 55.1 Å². The quantitative estimate of drug-likeness (QED) is 0.156. The Hall–Kier alpha value is -8.40. The second kappa shape index (κ2) is 14.1. The van der Waals surface area contributed by atoms with Crippen molar-refractivity contribution in [2.75, 3.05) is 4.90 Å². The molecule has 0 amide bonds. The standard InChI is InChI=1S/C60H38N2O/c1-3-18-45-39(14-1)32-36-49-46(23-12-24-48(45)49)41-30-34-42(35-31-41)61(43-16-11-17-44(38-43)62-57-28-9-5-20-50(57)51-21-6-10-29-58(51)62)56-27-8-7-22-52(56)53-25-13-26-54-55-37-33-40-15-2-4-19-47(40)59(55)63-60(53)54/h1-38H. The van der Waals surface area contributed by atoms with Crippen LogP contribution in [0.5, 0.6) is 0 Å². The molecule has 0 N–H and O–H groups in total. The van der Waals surface area contributed by atoms with E-state index in [0.29, 0.717) is 0 Å². The number of hydrogen-bond acceptors (Lipinski definition) is 2. The fourth-order valence-corrected chi connectivity index (χ4v) is 10.1. The van der Waals surface area contributed by atoms with Crippen LogP contribution in [-0.2, 0) is 0 Å². The molecule has 63 heavy (non-hydrogen) atoms. The van der Waals surface area contributed by atoms with Gasteiger partial charge in [-0.2, -0.15) is 0 Å². The topological polar surface area (TPSA) is 21.3 Å². The van der Waals surface area contributed by atoms with Crippen LogP contribution in [0.25, 0.3) is 104 Å². The molecule has 0 unspecified atom stereocenters. The molecule has 0 saturated heterocycles. The van der Waals surface area contributed by atoms with Gasteiger partial charge < -0.3 is 13.9 Å². The van der Waals surface area contributed by atoms with Gasteiger partial charge in [-0.25, -0.2) is 0 Å². The monoisotopic (exact) mass is 802 g/mol. The first-order valence-corrected chi connectivity index (χ1v) is 21.6. The van der Waals surface area contributed by atoms with E-state index in [2.05, 4.69) is 240 Å². The van der Waals surface area contributed by atoms with Crippen LogP contribution < -0.4 is 4.90 Å². The van der Waals surface area contributed by atoms with Crippen molar-refractivity contribution in [2.45, 2.75) is 0 Å². The summed E-state index contributed by atoms with van der Waals surface area (Å²) < 4.78 is 9.35. The first-order valence-electron chi connectivity index (χ1n) is 21.6. The number of hydrogen-bond donors (Lipinski definition) is 0. The van der Waals surface area contributed by atoms with Gasteiger partial charge in [-0.3, -0.25) is 0 Å². The highest BCUT2D eigenvalue weighted by atomic mass is 16.3. The molecule has 2 heterocycles. The average molecular weight is 803 g/mol. The van der Waals surface area contributed by atoms with Gasteiger partial charge in [0.25, 0.3) is 0 Å². The summed E-state index contributed by atoms with van der Waals surface area (Å²) in [6.45, 7) is 0. The number of anilines is 3. The third-order valence-electron chi connectivity index (χ3n) is 13.0. The Morgan fingerprint density at radius 3 is 1.65 bits per heavy atom. The summed E-state index contributed by atoms with van der Waals surface area (Å²) in [4.78, 5) is 2.41. The predicted octanol–water partition coefficient (Wildman–Crippen LogP) is 16.9. The molecule has 0 fully saturated rings. The fourth-order valence-electron chi connectivity index (χ4n) is 10.1. The molecule has 0 atom stereocenters. The molecule has 13 aromatic rings. The van der Waals surface area contributed by atoms with Gasteiger partial charge >= 0.3 is 0 Å². The minimum absolute atomic E-state index is 0.883. The summed E-state index contributed by atoms with van der Waals surface area (Å²) in [6, 6.07) is 83.5. The van der Waals surface area contributed by atoms with E-state index in [9.17, 15) is 0 Å². The Balaban J connectivity index is 1.02. The molecule has 13 rings (SSSR count). The Morgan fingerprint density at radius 1 is 0.317 bits per heavy atom. The third kappa shape index (κ3) is 5.53. The van der Waals surface area contributed by atoms with Gasteiger partial charge in [0.15, 0.2) is 0 Å². The molecular weight excluding hydrogens is 765 g/mol. The number of para-hydroxylation sites is 4. The van der Waals surface area contributed by atoms with E-state index in [0.717, 1.165) is 61.2 Å². The SMILES string of the molecule is c1cc(N(c2ccc(-c3cccc4c3ccc3ccccc34)cc2)c2ccccc2-c2cccc3c2oc2c4ccccc4ccc32)cc(-n2c3ccccc3c3ccccc32)c1.